The van der Waals surface area contributed by atoms with Gasteiger partial charge in [0.15, 0.2) is 0 Å². The molecule has 0 aliphatic heterocycles. The van der Waals surface area contributed by atoms with Crippen molar-refractivity contribution in [3.05, 3.63) is 89.9 Å². The molecule has 2 aromatic heterocycles. The highest BCUT2D eigenvalue weighted by atomic mass is 16.5. The molecule has 5 aromatic rings. The highest BCUT2D eigenvalue weighted by molar-refractivity contribution is 6.05. The molecule has 0 aliphatic carbocycles. The molecule has 0 saturated heterocycles. The lowest BCUT2D eigenvalue weighted by molar-refractivity contribution is 0.417. The summed E-state index contributed by atoms with van der Waals surface area (Å²) in [4.78, 5) is 9.50. The quantitative estimate of drug-likeness (QED) is 0.356. The van der Waals surface area contributed by atoms with Crippen molar-refractivity contribution in [2.24, 2.45) is 0 Å². The van der Waals surface area contributed by atoms with Crippen molar-refractivity contribution in [3.8, 4) is 22.9 Å². The molecule has 0 bridgehead atoms. The number of fused-ring (bicyclic) bond motifs is 3. The number of methoxy groups -OCH3 is 1. The largest absolute Gasteiger partial charge is 0.496 e. The number of hydrogen-bond acceptors (Lipinski definition) is 4. The highest BCUT2D eigenvalue weighted by Crippen LogP contribution is 2.37. The summed E-state index contributed by atoms with van der Waals surface area (Å²) in [6, 6.07) is 24.3. The zero-order valence-corrected chi connectivity index (χ0v) is 18.2. The lowest BCUT2D eigenvalue weighted by Gasteiger charge is -2.18. The first-order chi connectivity index (χ1) is 15.6. The topological polar surface area (TPSA) is 63.7 Å². The second-order valence-corrected chi connectivity index (χ2v) is 7.87. The van der Waals surface area contributed by atoms with E-state index in [-0.39, 0.29) is 6.04 Å². The van der Waals surface area contributed by atoms with Gasteiger partial charge in [0.2, 0.25) is 0 Å². The van der Waals surface area contributed by atoms with E-state index >= 15 is 0 Å². The number of rotatable bonds is 4. The van der Waals surface area contributed by atoms with Gasteiger partial charge in [-0.1, -0.05) is 42.5 Å². The van der Waals surface area contributed by atoms with E-state index < -0.39 is 0 Å². The van der Waals surface area contributed by atoms with Crippen LogP contribution < -0.4 is 4.74 Å². The van der Waals surface area contributed by atoms with Crippen LogP contribution in [0.3, 0.4) is 0 Å². The van der Waals surface area contributed by atoms with Crippen LogP contribution in [0, 0.1) is 18.3 Å². The third-order valence-electron chi connectivity index (χ3n) is 6.01. The Morgan fingerprint density at radius 2 is 1.75 bits per heavy atom. The highest BCUT2D eigenvalue weighted by Gasteiger charge is 2.19. The smallest absolute Gasteiger partial charge is 0.127 e. The van der Waals surface area contributed by atoms with Gasteiger partial charge in [-0.2, -0.15) is 5.26 Å². The van der Waals surface area contributed by atoms with Crippen LogP contribution in [0.2, 0.25) is 0 Å². The predicted octanol–water partition coefficient (Wildman–Crippen LogP) is 6.05. The van der Waals surface area contributed by atoms with E-state index in [1.165, 1.54) is 5.56 Å². The van der Waals surface area contributed by atoms with E-state index in [9.17, 15) is 0 Å². The van der Waals surface area contributed by atoms with Crippen molar-refractivity contribution < 1.29 is 4.74 Å². The average Bonchev–Trinajstić information content (AvgIpc) is 3.19. The molecule has 1 atom stereocenters. The van der Waals surface area contributed by atoms with Gasteiger partial charge in [0, 0.05) is 10.9 Å². The van der Waals surface area contributed by atoms with Gasteiger partial charge in [-0.3, -0.25) is 4.98 Å². The molecule has 5 nitrogen and oxygen atoms in total. The molecular weight excluding hydrogens is 396 g/mol. The molecule has 0 saturated carbocycles. The molecule has 0 radical (unpaired) electrons. The Balaban J connectivity index is 1.75. The van der Waals surface area contributed by atoms with E-state index in [4.69, 9.17) is 20.0 Å². The zero-order chi connectivity index (χ0) is 22.2. The molecule has 2 heterocycles. The summed E-state index contributed by atoms with van der Waals surface area (Å²) in [5.74, 6) is 1.70. The monoisotopic (exact) mass is 418 g/mol. The number of nitrogens with zero attached hydrogens (tertiary/aromatic N) is 4. The number of aromatic nitrogens is 3. The summed E-state index contributed by atoms with van der Waals surface area (Å²) in [6.45, 7) is 4.23. The maximum atomic E-state index is 9.10. The second kappa shape index (κ2) is 7.82. The first kappa shape index (κ1) is 19.8. The van der Waals surface area contributed by atoms with E-state index in [1.54, 1.807) is 7.11 Å². The molecule has 156 valence electrons. The first-order valence-corrected chi connectivity index (χ1v) is 10.5. The second-order valence-electron chi connectivity index (χ2n) is 7.87. The Hall–Kier alpha value is -4.17. The molecule has 0 unspecified atom stereocenters. The lowest BCUT2D eigenvalue weighted by Crippen LogP contribution is -2.08. The maximum absolute atomic E-state index is 9.10. The van der Waals surface area contributed by atoms with Crippen LogP contribution in [0.1, 0.15) is 29.9 Å². The maximum Gasteiger partial charge on any atom is 0.127 e. The Morgan fingerprint density at radius 1 is 1.00 bits per heavy atom. The molecule has 0 amide bonds. The first-order valence-electron chi connectivity index (χ1n) is 10.5. The van der Waals surface area contributed by atoms with Crippen LogP contribution in [0.5, 0.6) is 5.75 Å². The standard InChI is InChI=1S/C27H22N4O/c1-17(20-7-5-4-6-8-20)31-18(2)30-25-16-29-24-13-22(21-11-9-19(15-28)10-12-21)26(32-3)14-23(24)27(25)31/h4-14,16-17H,1-3H3/t17-/m0/s1. The number of hydrogen-bond donors (Lipinski definition) is 0. The van der Waals surface area contributed by atoms with Crippen molar-refractivity contribution in [2.75, 3.05) is 7.11 Å². The Labute approximate surface area is 186 Å². The van der Waals surface area contributed by atoms with E-state index in [0.717, 1.165) is 44.6 Å². The van der Waals surface area contributed by atoms with Gasteiger partial charge >= 0.3 is 0 Å². The van der Waals surface area contributed by atoms with Crippen LogP contribution in [0.15, 0.2) is 72.9 Å². The van der Waals surface area contributed by atoms with Crippen molar-refractivity contribution in [3.63, 3.8) is 0 Å². The van der Waals surface area contributed by atoms with E-state index in [0.29, 0.717) is 5.56 Å². The molecule has 32 heavy (non-hydrogen) atoms. The summed E-state index contributed by atoms with van der Waals surface area (Å²) in [6.07, 6.45) is 1.84. The van der Waals surface area contributed by atoms with Gasteiger partial charge in [-0.25, -0.2) is 4.98 Å². The molecule has 3 aromatic carbocycles. The number of aryl methyl sites for hydroxylation is 1. The van der Waals surface area contributed by atoms with Crippen molar-refractivity contribution in [1.82, 2.24) is 14.5 Å². The van der Waals surface area contributed by atoms with Crippen molar-refractivity contribution in [2.45, 2.75) is 19.9 Å². The van der Waals surface area contributed by atoms with Crippen LogP contribution in [0.25, 0.3) is 33.1 Å². The summed E-state index contributed by atoms with van der Waals surface area (Å²) in [5.41, 5.74) is 6.56. The minimum absolute atomic E-state index is 0.121. The molecule has 5 heteroatoms. The summed E-state index contributed by atoms with van der Waals surface area (Å²) in [5, 5.41) is 10.1. The fourth-order valence-electron chi connectivity index (χ4n) is 4.39. The fourth-order valence-corrected chi connectivity index (χ4v) is 4.39. The number of imidazole rings is 1. The predicted molar refractivity (Wildman–Crippen MR) is 127 cm³/mol. The van der Waals surface area contributed by atoms with Crippen LogP contribution in [0.4, 0.5) is 0 Å². The van der Waals surface area contributed by atoms with Gasteiger partial charge in [0.25, 0.3) is 0 Å². The zero-order valence-electron chi connectivity index (χ0n) is 18.2. The minimum atomic E-state index is 0.121. The van der Waals surface area contributed by atoms with Crippen LogP contribution >= 0.6 is 0 Å². The molecule has 0 spiro atoms. The summed E-state index contributed by atoms with van der Waals surface area (Å²) in [7, 11) is 1.68. The summed E-state index contributed by atoms with van der Waals surface area (Å²) >= 11 is 0. The molecule has 0 aliphatic rings. The number of pyridine rings is 1. The van der Waals surface area contributed by atoms with Gasteiger partial charge in [0.05, 0.1) is 42.0 Å². The Morgan fingerprint density at radius 3 is 2.44 bits per heavy atom. The third kappa shape index (κ3) is 3.17. The number of benzene rings is 3. The van der Waals surface area contributed by atoms with Crippen LogP contribution in [-0.2, 0) is 0 Å². The molecule has 0 fully saturated rings. The van der Waals surface area contributed by atoms with Crippen molar-refractivity contribution in [1.29, 1.82) is 5.26 Å². The SMILES string of the molecule is COc1cc2c(cc1-c1ccc(C#N)cc1)ncc1nc(C)n([C@@H](C)c3ccccc3)c12. The van der Waals surface area contributed by atoms with Gasteiger partial charge in [-0.05, 0) is 49.2 Å². The number of ether oxygens (including phenoxy) is 1. The van der Waals surface area contributed by atoms with Crippen molar-refractivity contribution >= 4 is 21.9 Å². The van der Waals surface area contributed by atoms with Gasteiger partial charge < -0.3 is 9.30 Å². The summed E-state index contributed by atoms with van der Waals surface area (Å²) < 4.78 is 8.06. The Bertz CT molecular complexity index is 1480. The van der Waals surface area contributed by atoms with Gasteiger partial charge in [-0.15, -0.1) is 0 Å². The van der Waals surface area contributed by atoms with Gasteiger partial charge in [0.1, 0.15) is 17.1 Å². The van der Waals surface area contributed by atoms with Crippen LogP contribution in [-0.4, -0.2) is 21.6 Å². The molecule has 0 N–H and O–H groups in total. The van der Waals surface area contributed by atoms with E-state index in [2.05, 4.69) is 47.9 Å². The van der Waals surface area contributed by atoms with E-state index in [1.807, 2.05) is 49.5 Å². The third-order valence-corrected chi connectivity index (χ3v) is 6.01. The molecular formula is C27H22N4O. The number of nitriles is 1. The Kier molecular flexibility index (Phi) is 4.84. The fraction of sp³-hybridized carbons (Fsp3) is 0.148. The average molecular weight is 419 g/mol. The minimum Gasteiger partial charge on any atom is -0.496 e. The lowest BCUT2D eigenvalue weighted by atomic mass is 10.0. The normalized spacial score (nSPS) is 12.1. The molecule has 5 rings (SSSR count).